The van der Waals surface area contributed by atoms with Crippen LogP contribution in [0.25, 0.3) is 0 Å². The maximum Gasteiger partial charge on any atom is 0.101 e. The number of ether oxygens (including phenoxy) is 1. The van der Waals surface area contributed by atoms with Gasteiger partial charge in [-0.2, -0.15) is 0 Å². The lowest BCUT2D eigenvalue weighted by Gasteiger charge is -2.29. The van der Waals surface area contributed by atoms with E-state index in [0.29, 0.717) is 32.0 Å². The van der Waals surface area contributed by atoms with Crippen molar-refractivity contribution >= 4 is 0 Å². The van der Waals surface area contributed by atoms with Crippen LogP contribution in [-0.2, 0) is 11.3 Å². The second kappa shape index (κ2) is 4.56. The molecule has 0 aliphatic heterocycles. The Morgan fingerprint density at radius 2 is 1.93 bits per heavy atom. The van der Waals surface area contributed by atoms with Crippen molar-refractivity contribution in [1.82, 2.24) is 0 Å². The average molecular weight is 194 g/mol. The zero-order chi connectivity index (χ0) is 9.80. The van der Waals surface area contributed by atoms with Crippen molar-refractivity contribution in [2.24, 2.45) is 5.92 Å². The zero-order valence-electron chi connectivity index (χ0n) is 8.16. The Bertz CT molecular complexity index is 267. The molecule has 2 rings (SSSR count). The van der Waals surface area contributed by atoms with Crippen LogP contribution in [0.4, 0.5) is 4.39 Å². The number of alkyl halides is 1. The first kappa shape index (κ1) is 9.66. The highest BCUT2D eigenvalue weighted by atomic mass is 19.1. The SMILES string of the molecule is FC1CC(COCc2ccccc2)C1. The lowest BCUT2D eigenvalue weighted by atomic mass is 9.84. The largest absolute Gasteiger partial charge is 0.376 e. The summed E-state index contributed by atoms with van der Waals surface area (Å²) < 4.78 is 18.0. The second-order valence-electron chi connectivity index (χ2n) is 3.94. The standard InChI is InChI=1S/C12H15FO/c13-12-6-11(7-12)9-14-8-10-4-2-1-3-5-10/h1-5,11-12H,6-9H2. The third kappa shape index (κ3) is 2.55. The van der Waals surface area contributed by atoms with Crippen LogP contribution in [0.15, 0.2) is 30.3 Å². The molecule has 0 unspecified atom stereocenters. The predicted molar refractivity (Wildman–Crippen MR) is 53.7 cm³/mol. The van der Waals surface area contributed by atoms with E-state index < -0.39 is 6.17 Å². The molecule has 1 nitrogen and oxygen atoms in total. The highest BCUT2D eigenvalue weighted by Gasteiger charge is 2.28. The summed E-state index contributed by atoms with van der Waals surface area (Å²) in [5, 5.41) is 0. The van der Waals surface area contributed by atoms with E-state index in [2.05, 4.69) is 0 Å². The molecule has 0 radical (unpaired) electrons. The Labute approximate surface area is 83.9 Å². The van der Waals surface area contributed by atoms with Crippen molar-refractivity contribution < 1.29 is 9.13 Å². The first-order valence-electron chi connectivity index (χ1n) is 5.10. The number of halogens is 1. The smallest absolute Gasteiger partial charge is 0.101 e. The maximum absolute atomic E-state index is 12.5. The highest BCUT2D eigenvalue weighted by molar-refractivity contribution is 5.13. The molecule has 2 heteroatoms. The van der Waals surface area contributed by atoms with Crippen LogP contribution in [-0.4, -0.2) is 12.8 Å². The molecule has 0 heterocycles. The van der Waals surface area contributed by atoms with Gasteiger partial charge in [-0.3, -0.25) is 0 Å². The molecular formula is C12H15FO. The minimum absolute atomic E-state index is 0.453. The van der Waals surface area contributed by atoms with Crippen LogP contribution in [0, 0.1) is 5.92 Å². The van der Waals surface area contributed by atoms with Crippen molar-refractivity contribution in [3.05, 3.63) is 35.9 Å². The van der Waals surface area contributed by atoms with Crippen LogP contribution in [0.5, 0.6) is 0 Å². The minimum Gasteiger partial charge on any atom is -0.376 e. The van der Waals surface area contributed by atoms with Gasteiger partial charge in [0, 0.05) is 0 Å². The number of hydrogen-bond donors (Lipinski definition) is 0. The molecule has 1 aromatic carbocycles. The van der Waals surface area contributed by atoms with Gasteiger partial charge < -0.3 is 4.74 Å². The molecule has 0 saturated heterocycles. The van der Waals surface area contributed by atoms with E-state index in [9.17, 15) is 4.39 Å². The predicted octanol–water partition coefficient (Wildman–Crippen LogP) is 2.95. The summed E-state index contributed by atoms with van der Waals surface area (Å²) in [6.07, 6.45) is 0.809. The Morgan fingerprint density at radius 3 is 2.57 bits per heavy atom. The summed E-state index contributed by atoms with van der Waals surface area (Å²) in [5.74, 6) is 0.453. The molecular weight excluding hydrogens is 179 g/mol. The summed E-state index contributed by atoms with van der Waals surface area (Å²) >= 11 is 0. The summed E-state index contributed by atoms with van der Waals surface area (Å²) in [7, 11) is 0. The van der Waals surface area contributed by atoms with E-state index in [-0.39, 0.29) is 0 Å². The Balaban J connectivity index is 1.64. The first-order chi connectivity index (χ1) is 6.84. The summed E-state index contributed by atoms with van der Waals surface area (Å²) in [4.78, 5) is 0. The fraction of sp³-hybridized carbons (Fsp3) is 0.500. The molecule has 0 aromatic heterocycles. The third-order valence-corrected chi connectivity index (χ3v) is 2.64. The van der Waals surface area contributed by atoms with Gasteiger partial charge in [-0.1, -0.05) is 30.3 Å². The molecule has 0 atom stereocenters. The topological polar surface area (TPSA) is 9.23 Å². The highest BCUT2D eigenvalue weighted by Crippen LogP contribution is 2.30. The Kier molecular flexibility index (Phi) is 3.14. The van der Waals surface area contributed by atoms with E-state index in [1.165, 1.54) is 5.56 Å². The molecule has 1 aliphatic carbocycles. The van der Waals surface area contributed by atoms with E-state index >= 15 is 0 Å². The monoisotopic (exact) mass is 194 g/mol. The van der Waals surface area contributed by atoms with Crippen LogP contribution in [0.1, 0.15) is 18.4 Å². The van der Waals surface area contributed by atoms with Gasteiger partial charge in [-0.05, 0) is 24.3 Å². The van der Waals surface area contributed by atoms with Gasteiger partial charge in [0.1, 0.15) is 6.17 Å². The van der Waals surface area contributed by atoms with Crippen molar-refractivity contribution in [2.75, 3.05) is 6.61 Å². The van der Waals surface area contributed by atoms with Crippen molar-refractivity contribution in [2.45, 2.75) is 25.6 Å². The molecule has 1 aliphatic rings. The third-order valence-electron chi connectivity index (χ3n) is 2.64. The molecule has 1 fully saturated rings. The van der Waals surface area contributed by atoms with Gasteiger partial charge in [-0.15, -0.1) is 0 Å². The molecule has 14 heavy (non-hydrogen) atoms. The van der Waals surface area contributed by atoms with Crippen LogP contribution >= 0.6 is 0 Å². The Hall–Kier alpha value is -0.890. The van der Waals surface area contributed by atoms with E-state index in [1.54, 1.807) is 0 Å². The molecule has 0 amide bonds. The molecule has 1 aromatic rings. The molecule has 0 N–H and O–H groups in total. The van der Waals surface area contributed by atoms with E-state index in [1.807, 2.05) is 30.3 Å². The summed E-state index contributed by atoms with van der Waals surface area (Å²) in [6.45, 7) is 1.35. The van der Waals surface area contributed by atoms with E-state index in [4.69, 9.17) is 4.74 Å². The second-order valence-corrected chi connectivity index (χ2v) is 3.94. The average Bonchev–Trinajstić information content (AvgIpc) is 2.17. The Morgan fingerprint density at radius 1 is 1.21 bits per heavy atom. The fourth-order valence-corrected chi connectivity index (χ4v) is 1.71. The van der Waals surface area contributed by atoms with Crippen molar-refractivity contribution in [3.63, 3.8) is 0 Å². The lowest BCUT2D eigenvalue weighted by molar-refractivity contribution is 0.0219. The quantitative estimate of drug-likeness (QED) is 0.716. The van der Waals surface area contributed by atoms with Gasteiger partial charge >= 0.3 is 0 Å². The van der Waals surface area contributed by atoms with Crippen molar-refractivity contribution in [1.29, 1.82) is 0 Å². The van der Waals surface area contributed by atoms with Crippen LogP contribution < -0.4 is 0 Å². The first-order valence-corrected chi connectivity index (χ1v) is 5.10. The molecule has 0 spiro atoms. The number of benzene rings is 1. The summed E-state index contributed by atoms with van der Waals surface area (Å²) in [5.41, 5.74) is 1.18. The van der Waals surface area contributed by atoms with Crippen LogP contribution in [0.2, 0.25) is 0 Å². The van der Waals surface area contributed by atoms with Gasteiger partial charge in [0.15, 0.2) is 0 Å². The minimum atomic E-state index is -0.569. The van der Waals surface area contributed by atoms with E-state index in [0.717, 1.165) is 0 Å². The van der Waals surface area contributed by atoms with Crippen LogP contribution in [0.3, 0.4) is 0 Å². The lowest BCUT2D eigenvalue weighted by Crippen LogP contribution is -2.28. The van der Waals surface area contributed by atoms with Gasteiger partial charge in [-0.25, -0.2) is 4.39 Å². The maximum atomic E-state index is 12.5. The number of hydrogen-bond acceptors (Lipinski definition) is 1. The van der Waals surface area contributed by atoms with Crippen molar-refractivity contribution in [3.8, 4) is 0 Å². The normalized spacial score (nSPS) is 25.8. The zero-order valence-corrected chi connectivity index (χ0v) is 8.16. The molecule has 76 valence electrons. The van der Waals surface area contributed by atoms with Gasteiger partial charge in [0.2, 0.25) is 0 Å². The molecule has 1 saturated carbocycles. The fourth-order valence-electron chi connectivity index (χ4n) is 1.71. The van der Waals surface area contributed by atoms with Gasteiger partial charge in [0.05, 0.1) is 13.2 Å². The molecule has 0 bridgehead atoms. The van der Waals surface area contributed by atoms with Gasteiger partial charge in [0.25, 0.3) is 0 Å². The summed E-state index contributed by atoms with van der Waals surface area (Å²) in [6, 6.07) is 10.1. The number of rotatable bonds is 4.